The molecule has 1 amide bonds. The van der Waals surface area contributed by atoms with E-state index in [9.17, 15) is 4.79 Å². The Hall–Kier alpha value is -2.62. The summed E-state index contributed by atoms with van der Waals surface area (Å²) in [6.45, 7) is 3.34. The molecule has 0 aromatic heterocycles. The van der Waals surface area contributed by atoms with Crippen molar-refractivity contribution >= 4 is 11.8 Å². The molecule has 4 nitrogen and oxygen atoms in total. The lowest BCUT2D eigenvalue weighted by molar-refractivity contribution is 0.0928. The van der Waals surface area contributed by atoms with Crippen LogP contribution in [0.2, 0.25) is 0 Å². The zero-order valence-corrected chi connectivity index (χ0v) is 13.1. The number of hydrogen-bond donors (Lipinski definition) is 1. The van der Waals surface area contributed by atoms with Gasteiger partial charge < -0.3 is 10.1 Å². The number of carbonyl (C=O) groups excluding carboxylic acids is 1. The van der Waals surface area contributed by atoms with Gasteiger partial charge in [0.05, 0.1) is 18.5 Å². The van der Waals surface area contributed by atoms with E-state index in [1.54, 1.807) is 0 Å². The topological polar surface area (TPSA) is 50.7 Å². The number of amides is 1. The monoisotopic (exact) mass is 308 g/mol. The number of hydrogen-bond acceptors (Lipinski definition) is 3. The third-order valence-corrected chi connectivity index (χ3v) is 3.98. The molecule has 0 saturated carbocycles. The summed E-state index contributed by atoms with van der Waals surface area (Å²) in [5, 5.41) is 3.13. The van der Waals surface area contributed by atoms with Crippen LogP contribution in [0, 0.1) is 5.92 Å². The van der Waals surface area contributed by atoms with E-state index in [-0.39, 0.29) is 17.9 Å². The van der Waals surface area contributed by atoms with Gasteiger partial charge in [-0.3, -0.25) is 9.79 Å². The Labute approximate surface area is 136 Å². The predicted molar refractivity (Wildman–Crippen MR) is 90.5 cm³/mol. The average molecular weight is 308 g/mol. The Kier molecular flexibility index (Phi) is 4.71. The lowest BCUT2D eigenvalue weighted by Crippen LogP contribution is -2.35. The zero-order chi connectivity index (χ0) is 16.1. The molecule has 0 radical (unpaired) electrons. The molecule has 23 heavy (non-hydrogen) atoms. The summed E-state index contributed by atoms with van der Waals surface area (Å²) in [4.78, 5) is 17.0. The molecular weight excluding hydrogens is 288 g/mol. The normalized spacial score (nSPS) is 16.1. The van der Waals surface area contributed by atoms with E-state index in [2.05, 4.69) is 10.3 Å². The van der Waals surface area contributed by atoms with Crippen molar-refractivity contribution in [3.8, 4) is 0 Å². The molecular formula is C19H20N2O2. The summed E-state index contributed by atoms with van der Waals surface area (Å²) in [6, 6.07) is 19.0. The van der Waals surface area contributed by atoms with Crippen LogP contribution in [0.5, 0.6) is 0 Å². The maximum absolute atomic E-state index is 12.6. The van der Waals surface area contributed by atoms with Crippen LogP contribution in [0.25, 0.3) is 0 Å². The molecule has 0 spiro atoms. The molecule has 1 aliphatic rings. The molecule has 0 saturated heterocycles. The van der Waals surface area contributed by atoms with Crippen molar-refractivity contribution in [2.75, 3.05) is 13.2 Å². The SMILES string of the molecule is C[C@@H](C1=NCCO1)[C@H](NC(=O)c1ccccc1)c1ccccc1. The Morgan fingerprint density at radius 2 is 1.74 bits per heavy atom. The number of ether oxygens (including phenoxy) is 1. The number of nitrogens with zero attached hydrogens (tertiary/aromatic N) is 1. The quantitative estimate of drug-likeness (QED) is 0.922. The maximum Gasteiger partial charge on any atom is 0.251 e. The molecule has 0 aliphatic carbocycles. The highest BCUT2D eigenvalue weighted by molar-refractivity contribution is 5.95. The number of benzene rings is 2. The highest BCUT2D eigenvalue weighted by Gasteiger charge is 2.28. The van der Waals surface area contributed by atoms with Gasteiger partial charge in [-0.2, -0.15) is 0 Å². The van der Waals surface area contributed by atoms with E-state index >= 15 is 0 Å². The Morgan fingerprint density at radius 1 is 1.09 bits per heavy atom. The molecule has 1 aliphatic heterocycles. The minimum Gasteiger partial charge on any atom is -0.479 e. The van der Waals surface area contributed by atoms with Gasteiger partial charge in [0.25, 0.3) is 5.91 Å². The van der Waals surface area contributed by atoms with Gasteiger partial charge in [-0.1, -0.05) is 55.5 Å². The Morgan fingerprint density at radius 3 is 2.35 bits per heavy atom. The van der Waals surface area contributed by atoms with Gasteiger partial charge in [0, 0.05) is 5.56 Å². The second-order valence-electron chi connectivity index (χ2n) is 5.58. The van der Waals surface area contributed by atoms with Gasteiger partial charge in [0.15, 0.2) is 5.90 Å². The molecule has 3 rings (SSSR count). The Balaban J connectivity index is 1.85. The molecule has 4 heteroatoms. The third-order valence-electron chi connectivity index (χ3n) is 3.98. The van der Waals surface area contributed by atoms with Crippen LogP contribution in [0.1, 0.15) is 28.9 Å². The molecule has 2 atom stereocenters. The smallest absolute Gasteiger partial charge is 0.251 e. The first-order valence-corrected chi connectivity index (χ1v) is 7.83. The van der Waals surface area contributed by atoms with Crippen molar-refractivity contribution in [2.45, 2.75) is 13.0 Å². The van der Waals surface area contributed by atoms with E-state index in [0.29, 0.717) is 24.6 Å². The third kappa shape index (κ3) is 3.59. The highest BCUT2D eigenvalue weighted by Crippen LogP contribution is 2.25. The van der Waals surface area contributed by atoms with Gasteiger partial charge in [-0.25, -0.2) is 0 Å². The van der Waals surface area contributed by atoms with Crippen LogP contribution in [-0.4, -0.2) is 25.0 Å². The minimum absolute atomic E-state index is 0.0208. The largest absolute Gasteiger partial charge is 0.479 e. The number of rotatable bonds is 5. The summed E-state index contributed by atoms with van der Waals surface area (Å²) in [5.74, 6) is 0.602. The van der Waals surface area contributed by atoms with Crippen molar-refractivity contribution in [2.24, 2.45) is 10.9 Å². The molecule has 0 fully saturated rings. The molecule has 0 bridgehead atoms. The van der Waals surface area contributed by atoms with Gasteiger partial charge in [-0.05, 0) is 17.7 Å². The van der Waals surface area contributed by atoms with Crippen LogP contribution in [-0.2, 0) is 4.74 Å². The lowest BCUT2D eigenvalue weighted by Gasteiger charge is -2.25. The van der Waals surface area contributed by atoms with Crippen LogP contribution < -0.4 is 5.32 Å². The number of aliphatic imine (C=N–C) groups is 1. The molecule has 0 unspecified atom stereocenters. The number of carbonyl (C=O) groups is 1. The highest BCUT2D eigenvalue weighted by atomic mass is 16.5. The van der Waals surface area contributed by atoms with Crippen LogP contribution in [0.4, 0.5) is 0 Å². The lowest BCUT2D eigenvalue weighted by atomic mass is 9.93. The van der Waals surface area contributed by atoms with Gasteiger partial charge in [-0.15, -0.1) is 0 Å². The van der Waals surface area contributed by atoms with E-state index in [0.717, 1.165) is 5.56 Å². The fourth-order valence-electron chi connectivity index (χ4n) is 2.74. The standard InChI is InChI=1S/C19H20N2O2/c1-14(19-20-12-13-23-19)17(15-8-4-2-5-9-15)21-18(22)16-10-6-3-7-11-16/h2-11,14,17H,12-13H2,1H3,(H,21,22)/t14-,17+/m1/s1. The summed E-state index contributed by atoms with van der Waals surface area (Å²) in [5.41, 5.74) is 1.69. The van der Waals surface area contributed by atoms with Gasteiger partial charge in [0.2, 0.25) is 0 Å². The minimum atomic E-state index is -0.180. The van der Waals surface area contributed by atoms with Crippen LogP contribution in [0.15, 0.2) is 65.7 Å². The van der Waals surface area contributed by atoms with Crippen molar-refractivity contribution in [1.82, 2.24) is 5.32 Å². The Bertz CT molecular complexity index is 683. The first-order chi connectivity index (χ1) is 11.3. The van der Waals surface area contributed by atoms with Crippen molar-refractivity contribution in [1.29, 1.82) is 0 Å². The summed E-state index contributed by atoms with van der Waals surface area (Å²) in [7, 11) is 0. The maximum atomic E-state index is 12.6. The fourth-order valence-corrected chi connectivity index (χ4v) is 2.74. The zero-order valence-electron chi connectivity index (χ0n) is 13.1. The predicted octanol–water partition coefficient (Wildman–Crippen LogP) is 3.22. The summed E-state index contributed by atoms with van der Waals surface area (Å²) < 4.78 is 5.60. The van der Waals surface area contributed by atoms with Crippen LogP contribution in [0.3, 0.4) is 0 Å². The van der Waals surface area contributed by atoms with Crippen molar-refractivity contribution in [3.05, 3.63) is 71.8 Å². The summed E-state index contributed by atoms with van der Waals surface area (Å²) in [6.07, 6.45) is 0. The second kappa shape index (κ2) is 7.09. The number of nitrogens with one attached hydrogen (secondary N) is 1. The van der Waals surface area contributed by atoms with E-state index < -0.39 is 0 Å². The first-order valence-electron chi connectivity index (χ1n) is 7.83. The fraction of sp³-hybridized carbons (Fsp3) is 0.263. The summed E-state index contributed by atoms with van der Waals surface area (Å²) >= 11 is 0. The van der Waals surface area contributed by atoms with E-state index in [1.165, 1.54) is 0 Å². The molecule has 1 heterocycles. The van der Waals surface area contributed by atoms with Crippen molar-refractivity contribution in [3.63, 3.8) is 0 Å². The van der Waals surface area contributed by atoms with E-state index in [1.807, 2.05) is 67.6 Å². The van der Waals surface area contributed by atoms with Gasteiger partial charge in [0.1, 0.15) is 6.61 Å². The average Bonchev–Trinajstić information content (AvgIpc) is 3.15. The van der Waals surface area contributed by atoms with Crippen molar-refractivity contribution < 1.29 is 9.53 Å². The van der Waals surface area contributed by atoms with Gasteiger partial charge >= 0.3 is 0 Å². The second-order valence-corrected chi connectivity index (χ2v) is 5.58. The van der Waals surface area contributed by atoms with Crippen LogP contribution >= 0.6 is 0 Å². The molecule has 1 N–H and O–H groups in total. The first kappa shape index (κ1) is 15.3. The van der Waals surface area contributed by atoms with E-state index in [4.69, 9.17) is 4.74 Å². The molecule has 118 valence electrons. The molecule has 2 aromatic carbocycles. The molecule has 2 aromatic rings.